The zero-order valence-corrected chi connectivity index (χ0v) is 78.3. The SMILES string of the molecule is CC.CC(=O)c1ccc(C)cc1.CC(=O)c1ccccc1.CCCCCC(C)=O.Cc1ccc(S(=O)(=O)N=Cc2ccccc2)cc1.Cc1ccc([N+](=O)[O-])cc1.O=C(c1ccccc1)c1ccccc1.c1ccc(-c2cc3ncccc3o2)cc1.c1ccc(SSc2ccccc2)cc1.c1ccc2ncccc2c1.c1ccc2ncccc2c1.c1ccccc1.c1ccncc1. The molecule has 5 heterocycles. The number of fused-ring (bicyclic) bond motifs is 3. The zero-order chi connectivity index (χ0) is 94.9. The average Bonchev–Trinajstić information content (AvgIpc) is 1.68. The number of rotatable bonds is 16. The van der Waals surface area contributed by atoms with Gasteiger partial charge in [-0.05, 0) is 138 Å². The Hall–Kier alpha value is -15.1. The van der Waals surface area contributed by atoms with Crippen LogP contribution in [0.15, 0.2) is 485 Å². The van der Waals surface area contributed by atoms with Crippen LogP contribution in [0.1, 0.15) is 126 Å². The Kier molecular flexibility index (Phi) is 51.1. The number of carbonyl (C=O) groups is 4. The van der Waals surface area contributed by atoms with Crippen LogP contribution < -0.4 is 0 Å². The molecule has 0 unspecified atom stereocenters. The van der Waals surface area contributed by atoms with Crippen molar-refractivity contribution < 1.29 is 36.9 Å². The second kappa shape index (κ2) is 63.8. The molecule has 18 heteroatoms. The first-order chi connectivity index (χ1) is 64.2. The number of hydrogen-bond donors (Lipinski definition) is 0. The summed E-state index contributed by atoms with van der Waals surface area (Å²) in [5.41, 5.74) is 12.1. The van der Waals surface area contributed by atoms with Crippen molar-refractivity contribution in [2.24, 2.45) is 4.40 Å². The summed E-state index contributed by atoms with van der Waals surface area (Å²) in [7, 11) is -0.0254. The molecule has 0 radical (unpaired) electrons. The van der Waals surface area contributed by atoms with Crippen molar-refractivity contribution in [3.63, 3.8) is 0 Å². The largest absolute Gasteiger partial charge is 0.454 e. The van der Waals surface area contributed by atoms with Gasteiger partial charge in [0.05, 0.1) is 20.9 Å². The molecule has 5 aromatic heterocycles. The number of sulfonamides is 1. The molecule has 0 amide bonds. The van der Waals surface area contributed by atoms with Crippen molar-refractivity contribution in [1.29, 1.82) is 0 Å². The molecule has 0 fully saturated rings. The van der Waals surface area contributed by atoms with Crippen LogP contribution in [0.2, 0.25) is 0 Å². The van der Waals surface area contributed by atoms with Crippen LogP contribution in [0.3, 0.4) is 0 Å². The van der Waals surface area contributed by atoms with E-state index < -0.39 is 14.9 Å². The lowest BCUT2D eigenvalue weighted by Gasteiger charge is -1.99. The highest BCUT2D eigenvalue weighted by molar-refractivity contribution is 8.76. The normalized spacial score (nSPS) is 9.80. The topological polar surface area (TPSA) is 223 Å². The third-order valence-electron chi connectivity index (χ3n) is 17.9. The Labute approximate surface area is 785 Å². The maximum atomic E-state index is 11.9. The first-order valence-electron chi connectivity index (χ1n) is 42.9. The highest BCUT2D eigenvalue weighted by Crippen LogP contribution is 2.37. The molecule has 18 rings (SSSR count). The van der Waals surface area contributed by atoms with Crippen molar-refractivity contribution in [2.75, 3.05) is 0 Å². The molecule has 0 saturated carbocycles. The van der Waals surface area contributed by atoms with Crippen LogP contribution in [0.4, 0.5) is 5.69 Å². The number of aromatic nitrogens is 4. The Morgan fingerprint density at radius 2 is 0.735 bits per heavy atom. The first-order valence-corrected chi connectivity index (χ1v) is 46.5. The summed E-state index contributed by atoms with van der Waals surface area (Å²) in [6, 6.07) is 136. The second-order valence-corrected chi connectivity index (χ2v) is 32.2. The minimum atomic E-state index is -3.61. The summed E-state index contributed by atoms with van der Waals surface area (Å²) in [5, 5.41) is 12.5. The van der Waals surface area contributed by atoms with E-state index in [1.807, 2.05) is 344 Å². The molecular formula is C114H112N6O9S3. The van der Waals surface area contributed by atoms with Gasteiger partial charge in [-0.25, -0.2) is 0 Å². The average molecular weight is 1810 g/mol. The van der Waals surface area contributed by atoms with Crippen molar-refractivity contribution >= 4 is 99.6 Å². The summed E-state index contributed by atoms with van der Waals surface area (Å²) in [6.45, 7) is 16.7. The van der Waals surface area contributed by atoms with Crippen molar-refractivity contribution in [3.8, 4) is 11.3 Å². The van der Waals surface area contributed by atoms with E-state index in [2.05, 4.69) is 104 Å². The van der Waals surface area contributed by atoms with Crippen LogP contribution in [-0.2, 0) is 14.8 Å². The Balaban J connectivity index is 0.000000224. The van der Waals surface area contributed by atoms with Gasteiger partial charge >= 0.3 is 0 Å². The Bertz CT molecular complexity index is 5890. The monoisotopic (exact) mass is 1800 g/mol. The van der Waals surface area contributed by atoms with Crippen LogP contribution in [0.25, 0.3) is 44.2 Å². The summed E-state index contributed by atoms with van der Waals surface area (Å²) in [5.74, 6) is 1.50. The quantitative estimate of drug-likeness (QED) is 0.0219. The second-order valence-electron chi connectivity index (χ2n) is 28.3. The molecule has 0 atom stereocenters. The number of furan rings is 1. The Morgan fingerprint density at radius 1 is 0.386 bits per heavy atom. The number of para-hydroxylation sites is 2. The fourth-order valence-electron chi connectivity index (χ4n) is 10.9. The third kappa shape index (κ3) is 44.1. The highest BCUT2D eigenvalue weighted by atomic mass is 33.1. The van der Waals surface area contributed by atoms with Crippen LogP contribution >= 0.6 is 21.6 Å². The minimum absolute atomic E-state index is 0.0752. The molecule has 0 spiro atoms. The van der Waals surface area contributed by atoms with Crippen LogP contribution in [0.5, 0.6) is 0 Å². The minimum Gasteiger partial charge on any atom is -0.454 e. The van der Waals surface area contributed by atoms with Gasteiger partial charge < -0.3 is 9.21 Å². The molecule has 0 aliphatic carbocycles. The van der Waals surface area contributed by atoms with E-state index >= 15 is 0 Å². The summed E-state index contributed by atoms with van der Waals surface area (Å²) < 4.78 is 33.2. The Morgan fingerprint density at radius 3 is 1.11 bits per heavy atom. The maximum absolute atomic E-state index is 11.9. The number of hydrogen-bond acceptors (Lipinski definition) is 15. The molecule has 15 nitrogen and oxygen atoms in total. The molecule has 132 heavy (non-hydrogen) atoms. The number of nitro benzene ring substituents is 1. The van der Waals surface area contributed by atoms with Gasteiger partial charge in [0.1, 0.15) is 17.1 Å². The number of pyridine rings is 4. The van der Waals surface area contributed by atoms with Crippen molar-refractivity contribution in [1.82, 2.24) is 19.9 Å². The predicted molar refractivity (Wildman–Crippen MR) is 549 cm³/mol. The van der Waals surface area contributed by atoms with E-state index in [9.17, 15) is 37.7 Å². The number of Topliss-reactive ketones (excluding diaryl/α,β-unsaturated/α-hetero) is 3. The number of unbranched alkanes of at least 4 members (excludes halogenated alkanes) is 2. The lowest BCUT2D eigenvalue weighted by atomic mass is 10.0. The van der Waals surface area contributed by atoms with Gasteiger partial charge in [-0.15, -0.1) is 0 Å². The molecular weight excluding hydrogens is 1690 g/mol. The molecule has 0 bridgehead atoms. The lowest BCUT2D eigenvalue weighted by Crippen LogP contribution is -1.99. The zero-order valence-electron chi connectivity index (χ0n) is 75.9. The van der Waals surface area contributed by atoms with E-state index in [0.717, 1.165) is 85.2 Å². The summed E-state index contributed by atoms with van der Waals surface area (Å²) in [4.78, 5) is 72.5. The molecule has 0 N–H and O–H groups in total. The van der Waals surface area contributed by atoms with Gasteiger partial charge in [-0.1, -0.05) is 399 Å². The van der Waals surface area contributed by atoms with Crippen LogP contribution in [-0.4, -0.2) is 62.6 Å². The maximum Gasteiger partial charge on any atom is 0.282 e. The number of benzene rings is 13. The van der Waals surface area contributed by atoms with Crippen LogP contribution in [0, 0.1) is 30.9 Å². The van der Waals surface area contributed by atoms with Gasteiger partial charge in [0.2, 0.25) is 0 Å². The summed E-state index contributed by atoms with van der Waals surface area (Å²) >= 11 is 0. The fourth-order valence-corrected chi connectivity index (χ4v) is 13.8. The third-order valence-corrected chi connectivity index (χ3v) is 21.5. The molecule has 0 aliphatic rings. The van der Waals surface area contributed by atoms with E-state index in [0.29, 0.717) is 5.78 Å². The van der Waals surface area contributed by atoms with E-state index in [-0.39, 0.29) is 27.9 Å². The van der Waals surface area contributed by atoms with Gasteiger partial charge in [0.25, 0.3) is 15.7 Å². The number of non-ortho nitro benzene ring substituents is 1. The smallest absolute Gasteiger partial charge is 0.282 e. The molecule has 0 aliphatic heterocycles. The molecule has 13 aromatic carbocycles. The van der Waals surface area contributed by atoms with Gasteiger partial charge in [-0.2, -0.15) is 12.8 Å². The van der Waals surface area contributed by atoms with Gasteiger partial charge in [0.15, 0.2) is 22.9 Å². The number of carbonyl (C=O) groups excluding carboxylic acids is 4. The standard InChI is InChI=1S/C14H13NO2S.C13H9NO.C13H10O.C12H10S2.2C9H7N.C9H10O.C8H8O.C7H7NO2.C7H14O.C6H6.C5H5N.C2H6/c1-12-7-9-14(10-8-12)18(16,17)15-11-13-5-3-2-4-6-13;1-2-5-10(6-3-1)13-9-11-12(15-13)7-4-8-14-11;14-13(11-7-3-1-4-8-11)12-9-5-2-6-10-12;1-3-7-11(8-4-1)13-14-12-9-5-2-6-10-12;2*1-2-6-9-8(4-1)5-3-7-10-9;1-7-3-5-9(6-4-7)8(2)10;1-7(9)8-5-3-2-4-6-8;1-6-2-4-7(5-3-6)8(9)10;1-3-4-5-6-7(2)8;2*1-2-4-6-5-3-1;1-2/h2-11H,1H3;1-9H;2*1-10H;2*1-7H;3-6H,1-2H3;2-6H,1H3;2-5H,1H3;3-6H2,1-2H3;1-6H;1-5H;1-2H3. The predicted octanol–water partition coefficient (Wildman–Crippen LogP) is 30.1. The molecule has 0 saturated heterocycles. The van der Waals surface area contributed by atoms with Gasteiger partial charge in [0, 0.05) is 110 Å². The number of nitro groups is 1. The van der Waals surface area contributed by atoms with E-state index in [1.54, 1.807) is 109 Å². The fraction of sp³-hybridized carbons (Fsp3) is 0.114. The number of aryl methyl sites for hydroxylation is 3. The molecule has 18 aromatic rings. The highest BCUT2D eigenvalue weighted by Gasteiger charge is 2.12. The number of ketones is 4. The van der Waals surface area contributed by atoms with Gasteiger partial charge in [-0.3, -0.25) is 44.4 Å². The lowest BCUT2D eigenvalue weighted by molar-refractivity contribution is -0.384. The van der Waals surface area contributed by atoms with E-state index in [1.165, 1.54) is 57.3 Å². The summed E-state index contributed by atoms with van der Waals surface area (Å²) in [6.07, 6.45) is 14.5. The first kappa shape index (κ1) is 106. The molecule has 670 valence electrons. The van der Waals surface area contributed by atoms with Crippen molar-refractivity contribution in [2.45, 2.75) is 103 Å². The number of nitrogens with zero attached hydrogens (tertiary/aromatic N) is 6. The van der Waals surface area contributed by atoms with Crippen molar-refractivity contribution in [3.05, 3.63) is 516 Å². The van der Waals surface area contributed by atoms with E-state index in [4.69, 9.17) is 4.42 Å².